The van der Waals surface area contributed by atoms with Gasteiger partial charge >= 0.3 is 6.09 Å². The number of nitrogens with zero attached hydrogens (tertiary/aromatic N) is 3. The van der Waals surface area contributed by atoms with Gasteiger partial charge in [-0.1, -0.05) is 61.8 Å². The lowest BCUT2D eigenvalue weighted by Gasteiger charge is -2.37. The Bertz CT molecular complexity index is 1560. The number of amides is 3. The van der Waals surface area contributed by atoms with Crippen LogP contribution in [0, 0.1) is 5.92 Å². The molecule has 1 saturated heterocycles. The monoisotopic (exact) mass is 587 g/mol. The molecule has 8 heteroatoms. The maximum atomic E-state index is 14.7. The summed E-state index contributed by atoms with van der Waals surface area (Å²) in [6.07, 6.45) is 0.120. The van der Waals surface area contributed by atoms with Crippen molar-refractivity contribution >= 4 is 40.9 Å². The van der Waals surface area contributed by atoms with Crippen molar-refractivity contribution in [2.45, 2.75) is 58.1 Å². The van der Waals surface area contributed by atoms with Crippen LogP contribution >= 0.6 is 11.6 Å². The fourth-order valence-corrected chi connectivity index (χ4v) is 6.75. The number of ether oxygens (including phenoxy) is 1. The second-order valence-electron chi connectivity index (χ2n) is 12.7. The molecule has 3 amide bonds. The first-order chi connectivity index (χ1) is 19.8. The molecule has 7 nitrogen and oxygen atoms in total. The number of para-hydroxylation sites is 1. The maximum Gasteiger partial charge on any atom is 0.410 e. The lowest BCUT2D eigenvalue weighted by molar-refractivity contribution is -0.123. The van der Waals surface area contributed by atoms with Crippen LogP contribution in [0.2, 0.25) is 5.02 Å². The summed E-state index contributed by atoms with van der Waals surface area (Å²) < 4.78 is 5.78. The molecule has 0 N–H and O–H groups in total. The second-order valence-corrected chi connectivity index (χ2v) is 13.1. The molecule has 5 rings (SSSR count). The average molecular weight is 588 g/mol. The van der Waals surface area contributed by atoms with Gasteiger partial charge < -0.3 is 14.5 Å². The topological polar surface area (TPSA) is 70.2 Å². The molecule has 2 unspecified atom stereocenters. The molecule has 220 valence electrons. The SMILES string of the molecule is CC(C)C1N(C(=O)OC(C)(C)C)CCC12C(=O)N(c1cccc(-c3ccc(C(=O)N(C)C)c(Cl)c3)c1)c1ccccc12. The van der Waals surface area contributed by atoms with Crippen LogP contribution in [0.3, 0.4) is 0 Å². The largest absolute Gasteiger partial charge is 0.444 e. The fourth-order valence-electron chi connectivity index (χ4n) is 6.49. The second kappa shape index (κ2) is 10.8. The molecule has 2 aliphatic rings. The Morgan fingerprint density at radius 1 is 1.00 bits per heavy atom. The number of anilines is 2. The van der Waals surface area contributed by atoms with E-state index in [2.05, 4.69) is 13.8 Å². The van der Waals surface area contributed by atoms with E-state index in [4.69, 9.17) is 16.3 Å². The van der Waals surface area contributed by atoms with E-state index in [1.54, 1.807) is 36.0 Å². The zero-order chi connectivity index (χ0) is 30.6. The Morgan fingerprint density at radius 3 is 2.33 bits per heavy atom. The Hall–Kier alpha value is -3.84. The molecule has 2 heterocycles. The Labute approximate surface area is 253 Å². The summed E-state index contributed by atoms with van der Waals surface area (Å²) in [5, 5.41) is 0.367. The maximum absolute atomic E-state index is 14.7. The van der Waals surface area contributed by atoms with Gasteiger partial charge in [0.05, 0.1) is 27.7 Å². The summed E-state index contributed by atoms with van der Waals surface area (Å²) in [6.45, 7) is 10.1. The van der Waals surface area contributed by atoms with E-state index in [1.165, 1.54) is 4.90 Å². The minimum absolute atomic E-state index is 0.00819. The highest BCUT2D eigenvalue weighted by Crippen LogP contribution is 2.54. The van der Waals surface area contributed by atoms with Crippen molar-refractivity contribution in [1.82, 2.24) is 9.80 Å². The van der Waals surface area contributed by atoms with Crippen LogP contribution in [0.25, 0.3) is 11.1 Å². The molecule has 2 aliphatic heterocycles. The molecule has 3 aromatic carbocycles. The molecule has 0 radical (unpaired) electrons. The van der Waals surface area contributed by atoms with Gasteiger partial charge in [-0.15, -0.1) is 0 Å². The first kappa shape index (κ1) is 29.6. The highest BCUT2D eigenvalue weighted by atomic mass is 35.5. The van der Waals surface area contributed by atoms with Gasteiger partial charge in [-0.3, -0.25) is 14.5 Å². The van der Waals surface area contributed by atoms with E-state index in [-0.39, 0.29) is 23.8 Å². The fraction of sp³-hybridized carbons (Fsp3) is 0.382. The number of hydrogen-bond acceptors (Lipinski definition) is 4. The van der Waals surface area contributed by atoms with Crippen molar-refractivity contribution in [2.75, 3.05) is 25.5 Å². The number of likely N-dealkylation sites (tertiary alicyclic amines) is 1. The summed E-state index contributed by atoms with van der Waals surface area (Å²) >= 11 is 6.53. The molecular weight excluding hydrogens is 550 g/mol. The number of carbonyl (C=O) groups excluding carboxylic acids is 3. The number of benzene rings is 3. The highest BCUT2D eigenvalue weighted by Gasteiger charge is 2.62. The van der Waals surface area contributed by atoms with E-state index in [1.807, 2.05) is 75.4 Å². The Morgan fingerprint density at radius 2 is 1.69 bits per heavy atom. The van der Waals surface area contributed by atoms with Crippen LogP contribution in [0.5, 0.6) is 0 Å². The molecule has 2 atom stereocenters. The van der Waals surface area contributed by atoms with E-state index in [9.17, 15) is 14.4 Å². The molecule has 0 saturated carbocycles. The average Bonchev–Trinajstić information content (AvgIpc) is 3.45. The molecular formula is C34H38ClN3O4. The summed E-state index contributed by atoms with van der Waals surface area (Å²) in [4.78, 5) is 45.6. The van der Waals surface area contributed by atoms with Crippen LogP contribution in [0.15, 0.2) is 66.7 Å². The molecule has 0 bridgehead atoms. The number of rotatable bonds is 4. The van der Waals surface area contributed by atoms with Crippen LogP contribution in [-0.4, -0.2) is 60.0 Å². The Balaban J connectivity index is 1.56. The van der Waals surface area contributed by atoms with Crippen molar-refractivity contribution in [1.29, 1.82) is 0 Å². The predicted octanol–water partition coefficient (Wildman–Crippen LogP) is 7.29. The van der Waals surface area contributed by atoms with Gasteiger partial charge in [0.2, 0.25) is 5.91 Å². The van der Waals surface area contributed by atoms with E-state index in [0.29, 0.717) is 23.6 Å². The lowest BCUT2D eigenvalue weighted by Crippen LogP contribution is -2.53. The van der Waals surface area contributed by atoms with Crippen LogP contribution in [-0.2, 0) is 14.9 Å². The van der Waals surface area contributed by atoms with Crippen molar-refractivity contribution in [3.63, 3.8) is 0 Å². The summed E-state index contributed by atoms with van der Waals surface area (Å²) in [5.74, 6) is -0.203. The van der Waals surface area contributed by atoms with Gasteiger partial charge in [0, 0.05) is 26.3 Å². The zero-order valence-corrected chi connectivity index (χ0v) is 26.0. The van der Waals surface area contributed by atoms with Crippen molar-refractivity contribution in [3.05, 3.63) is 82.9 Å². The van der Waals surface area contributed by atoms with Gasteiger partial charge in [-0.2, -0.15) is 0 Å². The number of carbonyl (C=O) groups is 3. The van der Waals surface area contributed by atoms with Crippen LogP contribution < -0.4 is 4.90 Å². The summed E-state index contributed by atoms with van der Waals surface area (Å²) in [6, 6.07) is 20.7. The molecule has 1 fully saturated rings. The number of fused-ring (bicyclic) bond motifs is 2. The molecule has 0 aliphatic carbocycles. The molecule has 1 spiro atoms. The van der Waals surface area contributed by atoms with Gasteiger partial charge in [-0.05, 0) is 80.1 Å². The quantitative estimate of drug-likeness (QED) is 0.321. The minimum Gasteiger partial charge on any atom is -0.444 e. The smallest absolute Gasteiger partial charge is 0.410 e. The van der Waals surface area contributed by atoms with E-state index >= 15 is 0 Å². The van der Waals surface area contributed by atoms with E-state index < -0.39 is 17.1 Å². The molecule has 42 heavy (non-hydrogen) atoms. The third-order valence-electron chi connectivity index (χ3n) is 8.10. The van der Waals surface area contributed by atoms with Gasteiger partial charge in [0.15, 0.2) is 0 Å². The molecule has 3 aromatic rings. The van der Waals surface area contributed by atoms with E-state index in [0.717, 1.165) is 28.1 Å². The third-order valence-corrected chi connectivity index (χ3v) is 8.41. The molecule has 0 aromatic heterocycles. The first-order valence-electron chi connectivity index (χ1n) is 14.3. The summed E-state index contributed by atoms with van der Waals surface area (Å²) in [7, 11) is 3.38. The Kier molecular flexibility index (Phi) is 7.60. The number of hydrogen-bond donors (Lipinski definition) is 0. The highest BCUT2D eigenvalue weighted by molar-refractivity contribution is 6.34. The van der Waals surface area contributed by atoms with Gasteiger partial charge in [0.1, 0.15) is 5.60 Å². The lowest BCUT2D eigenvalue weighted by atomic mass is 9.71. The van der Waals surface area contributed by atoms with Gasteiger partial charge in [-0.25, -0.2) is 4.79 Å². The van der Waals surface area contributed by atoms with Crippen LogP contribution in [0.1, 0.15) is 57.0 Å². The minimum atomic E-state index is -0.894. The van der Waals surface area contributed by atoms with Crippen molar-refractivity contribution < 1.29 is 19.1 Å². The first-order valence-corrected chi connectivity index (χ1v) is 14.7. The third kappa shape index (κ3) is 4.94. The number of halogens is 1. The van der Waals surface area contributed by atoms with Crippen LogP contribution in [0.4, 0.5) is 16.2 Å². The van der Waals surface area contributed by atoms with Crippen molar-refractivity contribution in [3.8, 4) is 11.1 Å². The predicted molar refractivity (Wildman–Crippen MR) is 166 cm³/mol. The summed E-state index contributed by atoms with van der Waals surface area (Å²) in [5.41, 5.74) is 3.08. The zero-order valence-electron chi connectivity index (χ0n) is 25.3. The van der Waals surface area contributed by atoms with Gasteiger partial charge in [0.25, 0.3) is 5.91 Å². The normalized spacial score (nSPS) is 19.9. The van der Waals surface area contributed by atoms with Crippen molar-refractivity contribution in [2.24, 2.45) is 5.92 Å². The standard InChI is InChI=1S/C34H38ClN3O4/c1-21(2)29-34(17-18-37(29)32(41)42-33(3,4)5)26-13-8-9-14-28(26)38(31(34)40)24-12-10-11-22(19-24)23-15-16-25(27(35)20-23)30(39)36(6)7/h8-16,19-21,29H,17-18H2,1-7H3.